The first-order valence-corrected chi connectivity index (χ1v) is 5.87. The molecule has 0 saturated heterocycles. The normalized spacial score (nSPS) is 12.2. The predicted molar refractivity (Wildman–Crippen MR) is 69.7 cm³/mol. The lowest BCUT2D eigenvalue weighted by atomic mass is 10.0. The SMILES string of the molecule is CC(C)C(N)CCN(C)c1cc(C#N)ccn1. The zero-order valence-corrected chi connectivity index (χ0v) is 10.7. The predicted octanol–water partition coefficient (Wildman–Crippen LogP) is 1.76. The Morgan fingerprint density at radius 2 is 2.24 bits per heavy atom. The van der Waals surface area contributed by atoms with Gasteiger partial charge >= 0.3 is 0 Å². The van der Waals surface area contributed by atoms with Crippen LogP contribution in [0, 0.1) is 17.2 Å². The molecule has 1 atom stereocenters. The molecule has 1 rings (SSSR count). The van der Waals surface area contributed by atoms with Gasteiger partial charge in [0, 0.05) is 25.8 Å². The number of hydrogen-bond donors (Lipinski definition) is 1. The van der Waals surface area contributed by atoms with E-state index in [4.69, 9.17) is 11.0 Å². The van der Waals surface area contributed by atoms with Gasteiger partial charge in [0.15, 0.2) is 0 Å². The molecule has 0 bridgehead atoms. The average molecular weight is 232 g/mol. The molecule has 92 valence electrons. The van der Waals surface area contributed by atoms with Gasteiger partial charge in [0.1, 0.15) is 5.82 Å². The second kappa shape index (κ2) is 6.21. The van der Waals surface area contributed by atoms with Crippen molar-refractivity contribution >= 4 is 5.82 Å². The van der Waals surface area contributed by atoms with Gasteiger partial charge in [-0.05, 0) is 24.5 Å². The highest BCUT2D eigenvalue weighted by Crippen LogP contribution is 2.12. The lowest BCUT2D eigenvalue weighted by Gasteiger charge is -2.22. The second-order valence-corrected chi connectivity index (χ2v) is 4.63. The first-order chi connectivity index (χ1) is 8.04. The summed E-state index contributed by atoms with van der Waals surface area (Å²) < 4.78 is 0. The van der Waals surface area contributed by atoms with Gasteiger partial charge in [-0.2, -0.15) is 5.26 Å². The molecule has 1 unspecified atom stereocenters. The smallest absolute Gasteiger partial charge is 0.129 e. The fraction of sp³-hybridized carbons (Fsp3) is 0.538. The van der Waals surface area contributed by atoms with E-state index in [1.54, 1.807) is 18.3 Å². The van der Waals surface area contributed by atoms with Crippen LogP contribution in [-0.4, -0.2) is 24.6 Å². The Bertz CT molecular complexity index is 395. The number of nitriles is 1. The van der Waals surface area contributed by atoms with E-state index in [1.165, 1.54) is 0 Å². The first-order valence-electron chi connectivity index (χ1n) is 5.87. The zero-order chi connectivity index (χ0) is 12.8. The van der Waals surface area contributed by atoms with Gasteiger partial charge < -0.3 is 10.6 Å². The number of hydrogen-bond acceptors (Lipinski definition) is 4. The Balaban J connectivity index is 2.58. The van der Waals surface area contributed by atoms with Crippen molar-refractivity contribution in [2.45, 2.75) is 26.3 Å². The van der Waals surface area contributed by atoms with Crippen molar-refractivity contribution in [1.82, 2.24) is 4.98 Å². The topological polar surface area (TPSA) is 65.9 Å². The van der Waals surface area contributed by atoms with Crippen LogP contribution in [0.4, 0.5) is 5.82 Å². The molecule has 0 aliphatic heterocycles. The largest absolute Gasteiger partial charge is 0.360 e. The molecule has 2 N–H and O–H groups in total. The van der Waals surface area contributed by atoms with Crippen LogP contribution in [0.3, 0.4) is 0 Å². The van der Waals surface area contributed by atoms with E-state index in [-0.39, 0.29) is 6.04 Å². The molecular formula is C13H20N4. The van der Waals surface area contributed by atoms with E-state index in [0.717, 1.165) is 18.8 Å². The standard InChI is InChI=1S/C13H20N4/c1-10(2)12(15)5-7-17(3)13-8-11(9-14)4-6-16-13/h4,6,8,10,12H,5,7,15H2,1-3H3. The maximum absolute atomic E-state index is 8.82. The van der Waals surface area contributed by atoms with Crippen molar-refractivity contribution in [1.29, 1.82) is 5.26 Å². The Morgan fingerprint density at radius 3 is 2.82 bits per heavy atom. The summed E-state index contributed by atoms with van der Waals surface area (Å²) in [5.41, 5.74) is 6.63. The van der Waals surface area contributed by atoms with Gasteiger partial charge in [-0.25, -0.2) is 4.98 Å². The van der Waals surface area contributed by atoms with E-state index in [0.29, 0.717) is 11.5 Å². The molecule has 1 aromatic heterocycles. The maximum Gasteiger partial charge on any atom is 0.129 e. The van der Waals surface area contributed by atoms with Crippen LogP contribution in [0.2, 0.25) is 0 Å². The Hall–Kier alpha value is -1.60. The quantitative estimate of drug-likeness (QED) is 0.840. The number of nitrogens with zero attached hydrogens (tertiary/aromatic N) is 3. The number of nitrogens with two attached hydrogens (primary N) is 1. The van der Waals surface area contributed by atoms with Crippen molar-refractivity contribution in [3.05, 3.63) is 23.9 Å². The van der Waals surface area contributed by atoms with Gasteiger partial charge in [0.25, 0.3) is 0 Å². The van der Waals surface area contributed by atoms with Crippen molar-refractivity contribution < 1.29 is 0 Å². The van der Waals surface area contributed by atoms with Crippen LogP contribution in [0.1, 0.15) is 25.8 Å². The maximum atomic E-state index is 8.82. The Labute approximate surface area is 103 Å². The first kappa shape index (κ1) is 13.5. The molecule has 0 amide bonds. The minimum Gasteiger partial charge on any atom is -0.360 e. The van der Waals surface area contributed by atoms with Gasteiger partial charge in [0.05, 0.1) is 11.6 Å². The molecule has 17 heavy (non-hydrogen) atoms. The third kappa shape index (κ3) is 4.04. The summed E-state index contributed by atoms with van der Waals surface area (Å²) in [4.78, 5) is 6.27. The van der Waals surface area contributed by atoms with Crippen LogP contribution >= 0.6 is 0 Å². The van der Waals surface area contributed by atoms with E-state index in [1.807, 2.05) is 11.9 Å². The average Bonchev–Trinajstić information content (AvgIpc) is 2.35. The van der Waals surface area contributed by atoms with Crippen molar-refractivity contribution in [3.63, 3.8) is 0 Å². The lowest BCUT2D eigenvalue weighted by molar-refractivity contribution is 0.465. The van der Waals surface area contributed by atoms with Crippen LogP contribution < -0.4 is 10.6 Å². The molecule has 0 fully saturated rings. The van der Waals surface area contributed by atoms with Crippen LogP contribution in [0.5, 0.6) is 0 Å². The third-order valence-corrected chi connectivity index (χ3v) is 2.92. The summed E-state index contributed by atoms with van der Waals surface area (Å²) in [6.07, 6.45) is 2.58. The van der Waals surface area contributed by atoms with Gasteiger partial charge in [0.2, 0.25) is 0 Å². The van der Waals surface area contributed by atoms with Crippen LogP contribution in [0.15, 0.2) is 18.3 Å². The fourth-order valence-electron chi connectivity index (χ4n) is 1.49. The lowest BCUT2D eigenvalue weighted by Crippen LogP contribution is -2.32. The molecular weight excluding hydrogens is 212 g/mol. The molecule has 0 radical (unpaired) electrons. The number of aromatic nitrogens is 1. The molecule has 1 aromatic rings. The van der Waals surface area contributed by atoms with Crippen molar-refractivity contribution in [2.75, 3.05) is 18.5 Å². The Kier molecular flexibility index (Phi) is 4.92. The number of pyridine rings is 1. The molecule has 0 spiro atoms. The minimum absolute atomic E-state index is 0.205. The summed E-state index contributed by atoms with van der Waals surface area (Å²) in [6.45, 7) is 5.10. The molecule has 0 aliphatic rings. The summed E-state index contributed by atoms with van der Waals surface area (Å²) in [5.74, 6) is 1.31. The van der Waals surface area contributed by atoms with Gasteiger partial charge in [-0.3, -0.25) is 0 Å². The summed E-state index contributed by atoms with van der Waals surface area (Å²) >= 11 is 0. The fourth-order valence-corrected chi connectivity index (χ4v) is 1.49. The van der Waals surface area contributed by atoms with Gasteiger partial charge in [-0.15, -0.1) is 0 Å². The monoisotopic (exact) mass is 232 g/mol. The number of rotatable bonds is 5. The highest BCUT2D eigenvalue weighted by Gasteiger charge is 2.10. The van der Waals surface area contributed by atoms with E-state index in [2.05, 4.69) is 24.9 Å². The molecule has 0 saturated carbocycles. The van der Waals surface area contributed by atoms with Crippen molar-refractivity contribution in [3.8, 4) is 6.07 Å². The number of anilines is 1. The summed E-state index contributed by atoms with van der Waals surface area (Å²) in [7, 11) is 1.97. The van der Waals surface area contributed by atoms with Gasteiger partial charge in [-0.1, -0.05) is 13.8 Å². The molecule has 4 nitrogen and oxygen atoms in total. The van der Waals surface area contributed by atoms with Crippen LogP contribution in [-0.2, 0) is 0 Å². The van der Waals surface area contributed by atoms with Crippen molar-refractivity contribution in [2.24, 2.45) is 11.7 Å². The van der Waals surface area contributed by atoms with E-state index >= 15 is 0 Å². The van der Waals surface area contributed by atoms with E-state index < -0.39 is 0 Å². The zero-order valence-electron chi connectivity index (χ0n) is 10.7. The molecule has 0 aliphatic carbocycles. The molecule has 0 aromatic carbocycles. The molecule has 1 heterocycles. The van der Waals surface area contributed by atoms with E-state index in [9.17, 15) is 0 Å². The molecule has 4 heteroatoms. The Morgan fingerprint density at radius 1 is 1.53 bits per heavy atom. The summed E-state index contributed by atoms with van der Waals surface area (Å²) in [5, 5.41) is 8.82. The van der Waals surface area contributed by atoms with Crippen LogP contribution in [0.25, 0.3) is 0 Å². The highest BCUT2D eigenvalue weighted by molar-refractivity contribution is 5.44. The minimum atomic E-state index is 0.205. The third-order valence-electron chi connectivity index (χ3n) is 2.92. The second-order valence-electron chi connectivity index (χ2n) is 4.63. The highest BCUT2D eigenvalue weighted by atomic mass is 15.2. The summed E-state index contributed by atoms with van der Waals surface area (Å²) in [6, 6.07) is 5.82.